The number of thiocarbonyl (C=S) groups is 1. The molecule has 0 unspecified atom stereocenters. The topological polar surface area (TPSA) is 62.8 Å². The van der Waals surface area contributed by atoms with Crippen molar-refractivity contribution in [2.24, 2.45) is 0 Å². The van der Waals surface area contributed by atoms with E-state index in [4.69, 9.17) is 16.6 Å². The number of nitro benzene ring substituents is 1. The van der Waals surface area contributed by atoms with Gasteiger partial charge in [-0.05, 0) is 42.5 Å². The lowest BCUT2D eigenvalue weighted by molar-refractivity contribution is -0.384. The van der Waals surface area contributed by atoms with Crippen LogP contribution in [0.5, 0.6) is 0 Å². The molecule has 32 heavy (non-hydrogen) atoms. The summed E-state index contributed by atoms with van der Waals surface area (Å²) in [7, 11) is 0. The van der Waals surface area contributed by atoms with Gasteiger partial charge in [0.2, 0.25) is 0 Å². The Hall–Kier alpha value is -3.40. The number of nitrogens with zero attached hydrogens (tertiary/aromatic N) is 3. The van der Waals surface area contributed by atoms with Gasteiger partial charge in [0, 0.05) is 49.6 Å². The van der Waals surface area contributed by atoms with E-state index >= 15 is 0 Å². The van der Waals surface area contributed by atoms with Gasteiger partial charge >= 0.3 is 6.18 Å². The van der Waals surface area contributed by atoms with Crippen molar-refractivity contribution in [2.75, 3.05) is 31.1 Å². The quantitative estimate of drug-likeness (QED) is 0.296. The highest BCUT2D eigenvalue weighted by Gasteiger charge is 2.31. The normalized spacial score (nSPS) is 14.5. The van der Waals surface area contributed by atoms with Crippen LogP contribution in [0.1, 0.15) is 11.3 Å². The summed E-state index contributed by atoms with van der Waals surface area (Å²) in [5.41, 5.74) is 0.555. The third kappa shape index (κ3) is 4.59. The largest absolute Gasteiger partial charge is 0.454 e. The number of furan rings is 1. The summed E-state index contributed by atoms with van der Waals surface area (Å²) < 4.78 is 44.8. The molecule has 0 N–H and O–H groups in total. The van der Waals surface area contributed by atoms with Crippen LogP contribution in [0.15, 0.2) is 65.1 Å². The Morgan fingerprint density at radius 1 is 1.00 bits per heavy atom. The summed E-state index contributed by atoms with van der Waals surface area (Å²) in [5, 5.41) is 10.8. The molecule has 6 nitrogen and oxygen atoms in total. The van der Waals surface area contributed by atoms with Crippen LogP contribution < -0.4 is 4.90 Å². The highest BCUT2D eigenvalue weighted by Crippen LogP contribution is 2.32. The third-order valence-corrected chi connectivity index (χ3v) is 5.74. The van der Waals surface area contributed by atoms with Gasteiger partial charge in [-0.1, -0.05) is 18.3 Å². The third-order valence-electron chi connectivity index (χ3n) is 5.28. The Bertz CT molecular complexity index is 1140. The van der Waals surface area contributed by atoms with E-state index in [1.54, 1.807) is 30.3 Å². The van der Waals surface area contributed by atoms with Crippen molar-refractivity contribution in [3.63, 3.8) is 0 Å². The van der Waals surface area contributed by atoms with Gasteiger partial charge in [-0.2, -0.15) is 13.2 Å². The lowest BCUT2D eigenvalue weighted by Crippen LogP contribution is -2.48. The fraction of sp³-hybridized carbons (Fsp3) is 0.227. The molecule has 1 aliphatic rings. The fourth-order valence-electron chi connectivity index (χ4n) is 3.56. The predicted octanol–water partition coefficient (Wildman–Crippen LogP) is 5.37. The van der Waals surface area contributed by atoms with Gasteiger partial charge in [0.25, 0.3) is 5.69 Å². The van der Waals surface area contributed by atoms with Gasteiger partial charge in [-0.25, -0.2) is 0 Å². The van der Waals surface area contributed by atoms with Gasteiger partial charge in [-0.15, -0.1) is 0 Å². The Balaban J connectivity index is 1.40. The van der Waals surface area contributed by atoms with Crippen molar-refractivity contribution in [3.05, 3.63) is 82.1 Å². The molecule has 2 heterocycles. The first-order chi connectivity index (χ1) is 15.2. The minimum Gasteiger partial charge on any atom is -0.454 e. The number of hydrogen-bond acceptors (Lipinski definition) is 5. The SMILES string of the molecule is O=[N+]([O-])c1ccc(-c2ccc(C(=S)N3CCN(c4cccc(C(F)(F)F)c4)CC3)o2)cc1. The van der Waals surface area contributed by atoms with Crippen LogP contribution in [0.3, 0.4) is 0 Å². The molecule has 0 spiro atoms. The molecule has 1 aromatic heterocycles. The van der Waals surface area contributed by atoms with E-state index in [9.17, 15) is 23.3 Å². The summed E-state index contributed by atoms with van der Waals surface area (Å²) in [5.74, 6) is 1.04. The molecule has 10 heteroatoms. The molecule has 1 aliphatic heterocycles. The second kappa shape index (κ2) is 8.62. The van der Waals surface area contributed by atoms with Gasteiger partial charge in [-0.3, -0.25) is 10.1 Å². The molecule has 1 saturated heterocycles. The summed E-state index contributed by atoms with van der Waals surface area (Å²) in [6.07, 6.45) is -4.37. The Labute approximate surface area is 187 Å². The van der Waals surface area contributed by atoms with E-state index in [1.165, 1.54) is 18.2 Å². The lowest BCUT2D eigenvalue weighted by atomic mass is 10.1. The number of piperazine rings is 1. The van der Waals surface area contributed by atoms with Crippen LogP contribution >= 0.6 is 12.2 Å². The molecule has 4 rings (SSSR count). The van der Waals surface area contributed by atoms with Crippen LogP contribution in [0, 0.1) is 10.1 Å². The average Bonchev–Trinajstić information content (AvgIpc) is 3.28. The molecule has 1 fully saturated rings. The number of anilines is 1. The maximum atomic E-state index is 13.0. The van der Waals surface area contributed by atoms with Crippen LogP contribution in [-0.2, 0) is 6.18 Å². The van der Waals surface area contributed by atoms with Gasteiger partial charge < -0.3 is 14.2 Å². The van der Waals surface area contributed by atoms with Crippen molar-refractivity contribution < 1.29 is 22.5 Å². The van der Waals surface area contributed by atoms with E-state index in [0.29, 0.717) is 53.9 Å². The standard InChI is InChI=1S/C22H18F3N3O3S/c23-22(24,25)16-2-1-3-18(14-16)26-10-12-27(13-11-26)21(32)20-9-8-19(31-20)15-4-6-17(7-5-15)28(29)30/h1-9,14H,10-13H2. The Morgan fingerprint density at radius 3 is 2.31 bits per heavy atom. The summed E-state index contributed by atoms with van der Waals surface area (Å²) in [6, 6.07) is 14.8. The first-order valence-electron chi connectivity index (χ1n) is 9.78. The first kappa shape index (κ1) is 21.8. The van der Waals surface area contributed by atoms with Gasteiger partial charge in [0.05, 0.1) is 10.5 Å². The van der Waals surface area contributed by atoms with Crippen LogP contribution in [-0.4, -0.2) is 41.0 Å². The Kier molecular flexibility index (Phi) is 5.88. The summed E-state index contributed by atoms with van der Waals surface area (Å²) >= 11 is 5.56. The second-order valence-electron chi connectivity index (χ2n) is 7.30. The number of alkyl halides is 3. The number of nitro groups is 1. The van der Waals surface area contributed by atoms with E-state index < -0.39 is 16.7 Å². The molecular formula is C22H18F3N3O3S. The molecule has 166 valence electrons. The van der Waals surface area contributed by atoms with E-state index in [2.05, 4.69) is 0 Å². The second-order valence-corrected chi connectivity index (χ2v) is 7.68. The molecule has 0 bridgehead atoms. The van der Waals surface area contributed by atoms with Crippen molar-refractivity contribution in [1.82, 2.24) is 4.90 Å². The highest BCUT2D eigenvalue weighted by molar-refractivity contribution is 7.80. The van der Waals surface area contributed by atoms with E-state index in [1.807, 2.05) is 9.80 Å². The van der Waals surface area contributed by atoms with Crippen LogP contribution in [0.25, 0.3) is 11.3 Å². The number of non-ortho nitro benzene ring substituents is 1. The minimum atomic E-state index is -4.37. The maximum Gasteiger partial charge on any atom is 0.416 e. The van der Waals surface area contributed by atoms with Crippen molar-refractivity contribution in [2.45, 2.75) is 6.18 Å². The molecule has 3 aromatic rings. The molecule has 0 saturated carbocycles. The zero-order valence-electron chi connectivity index (χ0n) is 16.7. The Morgan fingerprint density at radius 2 is 1.69 bits per heavy atom. The number of hydrogen-bond donors (Lipinski definition) is 0. The van der Waals surface area contributed by atoms with Gasteiger partial charge in [0.15, 0.2) is 5.76 Å². The molecule has 0 atom stereocenters. The highest BCUT2D eigenvalue weighted by atomic mass is 32.1. The van der Waals surface area contributed by atoms with Crippen molar-refractivity contribution in [1.29, 1.82) is 0 Å². The zero-order chi connectivity index (χ0) is 22.9. The van der Waals surface area contributed by atoms with E-state index in [0.717, 1.165) is 12.1 Å². The molecule has 0 aliphatic carbocycles. The average molecular weight is 461 g/mol. The number of halogens is 3. The molecule has 0 radical (unpaired) electrons. The molecule has 2 aromatic carbocycles. The molecular weight excluding hydrogens is 443 g/mol. The predicted molar refractivity (Wildman–Crippen MR) is 118 cm³/mol. The number of rotatable bonds is 4. The summed E-state index contributed by atoms with van der Waals surface area (Å²) in [6.45, 7) is 2.14. The maximum absolute atomic E-state index is 13.0. The smallest absolute Gasteiger partial charge is 0.416 e. The molecule has 0 amide bonds. The van der Waals surface area contributed by atoms with E-state index in [-0.39, 0.29) is 5.69 Å². The summed E-state index contributed by atoms with van der Waals surface area (Å²) in [4.78, 5) is 14.7. The number of benzene rings is 2. The monoisotopic (exact) mass is 461 g/mol. The van der Waals surface area contributed by atoms with Crippen LogP contribution in [0.2, 0.25) is 0 Å². The van der Waals surface area contributed by atoms with Crippen LogP contribution in [0.4, 0.5) is 24.5 Å². The minimum absolute atomic E-state index is 0.00492. The first-order valence-corrected chi connectivity index (χ1v) is 10.2. The van der Waals surface area contributed by atoms with Gasteiger partial charge in [0.1, 0.15) is 10.7 Å². The lowest BCUT2D eigenvalue weighted by Gasteiger charge is -2.37. The van der Waals surface area contributed by atoms with Crippen molar-refractivity contribution >= 4 is 28.6 Å². The zero-order valence-corrected chi connectivity index (χ0v) is 17.5. The van der Waals surface area contributed by atoms with Crippen molar-refractivity contribution in [3.8, 4) is 11.3 Å². The fourth-order valence-corrected chi connectivity index (χ4v) is 3.85.